The molecule has 9 nitrogen and oxygen atoms in total. The first-order valence-electron chi connectivity index (χ1n) is 11.9. The molecule has 3 N–H and O–H groups in total. The van der Waals surface area contributed by atoms with E-state index in [4.69, 9.17) is 19.6 Å². The summed E-state index contributed by atoms with van der Waals surface area (Å²) in [5.74, 6) is 1.41. The molecule has 0 aliphatic heterocycles. The first-order chi connectivity index (χ1) is 17.9. The van der Waals surface area contributed by atoms with Crippen LogP contribution >= 0.6 is 0 Å². The molecule has 0 unspecified atom stereocenters. The number of nitrogen functional groups attached to an aromatic ring is 1. The highest BCUT2D eigenvalue weighted by Gasteiger charge is 2.15. The molecular weight excluding hydrogens is 472 g/mol. The molecule has 0 fully saturated rings. The third-order valence-electron chi connectivity index (χ3n) is 5.64. The van der Waals surface area contributed by atoms with Crippen LogP contribution in [0.1, 0.15) is 10.4 Å². The molecule has 0 spiro atoms. The molecule has 37 heavy (non-hydrogen) atoms. The largest absolute Gasteiger partial charge is 0.492 e. The molecule has 0 bridgehead atoms. The minimum absolute atomic E-state index is 0.230. The minimum Gasteiger partial charge on any atom is -0.492 e. The fourth-order valence-corrected chi connectivity index (χ4v) is 3.61. The van der Waals surface area contributed by atoms with Crippen LogP contribution < -0.4 is 25.4 Å². The zero-order chi connectivity index (χ0) is 26.2. The lowest BCUT2D eigenvalue weighted by atomic mass is 10.2. The number of anilines is 3. The number of nitrogens with one attached hydrogen (secondary N) is 1. The van der Waals surface area contributed by atoms with Gasteiger partial charge in [-0.3, -0.25) is 14.5 Å². The highest BCUT2D eigenvalue weighted by atomic mass is 16.5. The second kappa shape index (κ2) is 12.0. The number of furan rings is 1. The summed E-state index contributed by atoms with van der Waals surface area (Å²) >= 11 is 0. The smallest absolute Gasteiger partial charge is 0.255 e. The van der Waals surface area contributed by atoms with E-state index in [1.165, 1.54) is 4.90 Å². The van der Waals surface area contributed by atoms with E-state index in [1.54, 1.807) is 54.6 Å². The molecule has 0 aliphatic rings. The molecule has 0 saturated carbocycles. The molecule has 192 valence electrons. The molecule has 9 heteroatoms. The van der Waals surface area contributed by atoms with Crippen molar-refractivity contribution in [2.24, 2.45) is 0 Å². The molecule has 3 aromatic carbocycles. The van der Waals surface area contributed by atoms with Crippen molar-refractivity contribution in [2.75, 3.05) is 56.3 Å². The number of likely N-dealkylation sites (N-methyl/N-ethyl adjacent to an activating group) is 1. The van der Waals surface area contributed by atoms with Gasteiger partial charge in [-0.05, 0) is 62.6 Å². The van der Waals surface area contributed by atoms with E-state index in [0.717, 1.165) is 11.9 Å². The third-order valence-corrected chi connectivity index (χ3v) is 5.64. The maximum absolute atomic E-state index is 12.5. The maximum Gasteiger partial charge on any atom is 0.255 e. The number of para-hydroxylation sites is 2. The van der Waals surface area contributed by atoms with Gasteiger partial charge in [-0.2, -0.15) is 0 Å². The Labute approximate surface area is 215 Å². The summed E-state index contributed by atoms with van der Waals surface area (Å²) in [4.78, 5) is 27.7. The molecule has 0 saturated heterocycles. The van der Waals surface area contributed by atoms with Crippen molar-refractivity contribution in [1.82, 2.24) is 4.90 Å². The van der Waals surface area contributed by atoms with Gasteiger partial charge < -0.3 is 29.8 Å². The van der Waals surface area contributed by atoms with Gasteiger partial charge in [0.1, 0.15) is 30.3 Å². The number of nitrogens with two attached hydrogens (primary N) is 1. The molecule has 1 heterocycles. The zero-order valence-electron chi connectivity index (χ0n) is 20.8. The van der Waals surface area contributed by atoms with Gasteiger partial charge in [0.25, 0.3) is 5.91 Å². The number of fused-ring (bicyclic) bond motifs is 1. The van der Waals surface area contributed by atoms with Gasteiger partial charge >= 0.3 is 0 Å². The van der Waals surface area contributed by atoms with E-state index in [9.17, 15) is 9.59 Å². The second-order valence-corrected chi connectivity index (χ2v) is 8.62. The van der Waals surface area contributed by atoms with Gasteiger partial charge in [0.2, 0.25) is 12.3 Å². The number of carbonyl (C=O) groups is 2. The SMILES string of the molecule is CN(C)CCOc1cccc2oc(N(C=O)CCOc3ccc(C(=O)Nc4ccccc4N)cc3)cc12. The molecule has 0 atom stereocenters. The summed E-state index contributed by atoms with van der Waals surface area (Å²) in [5, 5.41) is 3.59. The van der Waals surface area contributed by atoms with Gasteiger partial charge in [0.05, 0.1) is 23.3 Å². The summed E-state index contributed by atoms with van der Waals surface area (Å²) in [7, 11) is 3.97. The predicted octanol–water partition coefficient (Wildman–Crippen LogP) is 4.25. The zero-order valence-corrected chi connectivity index (χ0v) is 20.8. The van der Waals surface area contributed by atoms with Gasteiger partial charge in [-0.1, -0.05) is 18.2 Å². The van der Waals surface area contributed by atoms with Gasteiger partial charge in [-0.15, -0.1) is 0 Å². The Balaban J connectivity index is 1.33. The monoisotopic (exact) mass is 502 g/mol. The van der Waals surface area contributed by atoms with Gasteiger partial charge in [-0.25, -0.2) is 0 Å². The highest BCUT2D eigenvalue weighted by Crippen LogP contribution is 2.32. The number of benzene rings is 3. The van der Waals surface area contributed by atoms with E-state index in [0.29, 0.717) is 52.9 Å². The average molecular weight is 503 g/mol. The Morgan fingerprint density at radius 2 is 1.73 bits per heavy atom. The number of nitrogens with zero attached hydrogens (tertiary/aromatic N) is 2. The summed E-state index contributed by atoms with van der Waals surface area (Å²) in [6, 6.07) is 21.2. The van der Waals surface area contributed by atoms with E-state index < -0.39 is 0 Å². The first-order valence-corrected chi connectivity index (χ1v) is 11.9. The molecule has 4 aromatic rings. The second-order valence-electron chi connectivity index (χ2n) is 8.62. The standard InChI is InChI=1S/C28H30N4O5/c1-31(2)14-16-36-25-8-5-9-26-22(25)18-27(37-26)32(19-33)15-17-35-21-12-10-20(11-13-21)28(34)30-24-7-4-3-6-23(24)29/h3-13,18-19H,14-17,29H2,1-2H3,(H,30,34). The Morgan fingerprint density at radius 3 is 2.46 bits per heavy atom. The minimum atomic E-state index is -0.272. The number of hydrogen-bond donors (Lipinski definition) is 2. The van der Waals surface area contributed by atoms with Crippen molar-refractivity contribution in [3.63, 3.8) is 0 Å². The van der Waals surface area contributed by atoms with Gasteiger partial charge in [0, 0.05) is 18.2 Å². The van der Waals surface area contributed by atoms with Crippen LogP contribution in [0.15, 0.2) is 77.2 Å². The van der Waals surface area contributed by atoms with Crippen LogP contribution in [-0.4, -0.2) is 57.6 Å². The Bertz CT molecular complexity index is 1350. The Kier molecular flexibility index (Phi) is 8.27. The summed E-state index contributed by atoms with van der Waals surface area (Å²) in [6.45, 7) is 1.83. The topological polar surface area (TPSA) is 110 Å². The lowest BCUT2D eigenvalue weighted by Crippen LogP contribution is -2.26. The lowest BCUT2D eigenvalue weighted by molar-refractivity contribution is -0.107. The third kappa shape index (κ3) is 6.59. The van der Waals surface area contributed by atoms with Crippen LogP contribution in [-0.2, 0) is 4.79 Å². The van der Waals surface area contributed by atoms with Crippen molar-refractivity contribution in [1.29, 1.82) is 0 Å². The number of hydrogen-bond acceptors (Lipinski definition) is 7. The maximum atomic E-state index is 12.5. The summed E-state index contributed by atoms with van der Waals surface area (Å²) in [5.41, 5.74) is 8.04. The van der Waals surface area contributed by atoms with Crippen LogP contribution in [0.4, 0.5) is 17.3 Å². The Morgan fingerprint density at radius 1 is 0.973 bits per heavy atom. The predicted molar refractivity (Wildman–Crippen MR) is 144 cm³/mol. The Hall–Kier alpha value is -4.50. The van der Waals surface area contributed by atoms with Crippen molar-refractivity contribution < 1.29 is 23.5 Å². The van der Waals surface area contributed by atoms with Crippen LogP contribution in [0, 0.1) is 0 Å². The lowest BCUT2D eigenvalue weighted by Gasteiger charge is -2.14. The fraction of sp³-hybridized carbons (Fsp3) is 0.214. The van der Waals surface area contributed by atoms with Crippen LogP contribution in [0.2, 0.25) is 0 Å². The molecule has 4 rings (SSSR count). The van der Waals surface area contributed by atoms with Crippen LogP contribution in [0.3, 0.4) is 0 Å². The number of ether oxygens (including phenoxy) is 2. The first kappa shape index (κ1) is 25.6. The van der Waals surface area contributed by atoms with E-state index >= 15 is 0 Å². The number of carbonyl (C=O) groups excluding carboxylic acids is 2. The summed E-state index contributed by atoms with van der Waals surface area (Å²) in [6.07, 6.45) is 0.705. The molecular formula is C28H30N4O5. The van der Waals surface area contributed by atoms with Crippen LogP contribution in [0.25, 0.3) is 11.0 Å². The van der Waals surface area contributed by atoms with Crippen molar-refractivity contribution in [3.05, 3.63) is 78.4 Å². The molecule has 0 radical (unpaired) electrons. The highest BCUT2D eigenvalue weighted by molar-refractivity contribution is 6.05. The number of amides is 2. The van der Waals surface area contributed by atoms with Crippen LogP contribution in [0.5, 0.6) is 11.5 Å². The van der Waals surface area contributed by atoms with Crippen molar-refractivity contribution in [2.45, 2.75) is 0 Å². The quantitative estimate of drug-likeness (QED) is 0.220. The van der Waals surface area contributed by atoms with Crippen molar-refractivity contribution in [3.8, 4) is 11.5 Å². The number of rotatable bonds is 12. The molecule has 2 amide bonds. The van der Waals surface area contributed by atoms with E-state index in [1.807, 2.05) is 37.2 Å². The molecule has 1 aromatic heterocycles. The van der Waals surface area contributed by atoms with Crippen molar-refractivity contribution >= 4 is 40.5 Å². The van der Waals surface area contributed by atoms with Gasteiger partial charge in [0.15, 0.2) is 0 Å². The average Bonchev–Trinajstić information content (AvgIpc) is 3.33. The molecule has 0 aliphatic carbocycles. The normalized spacial score (nSPS) is 10.9. The fourth-order valence-electron chi connectivity index (χ4n) is 3.61. The summed E-state index contributed by atoms with van der Waals surface area (Å²) < 4.78 is 17.6. The van der Waals surface area contributed by atoms with E-state index in [-0.39, 0.29) is 19.1 Å². The van der Waals surface area contributed by atoms with E-state index in [2.05, 4.69) is 5.32 Å².